The molecule has 0 saturated heterocycles. The summed E-state index contributed by atoms with van der Waals surface area (Å²) in [5, 5.41) is 6.64. The number of thioether (sulfide) groups is 1. The predicted octanol–water partition coefficient (Wildman–Crippen LogP) is 3.15. The lowest BCUT2D eigenvalue weighted by atomic mass is 10.1. The molecule has 1 aromatic heterocycles. The quantitative estimate of drug-likeness (QED) is 0.865. The van der Waals surface area contributed by atoms with Gasteiger partial charge in [-0.3, -0.25) is 9.59 Å². The Morgan fingerprint density at radius 3 is 2.71 bits per heavy atom. The van der Waals surface area contributed by atoms with Crippen LogP contribution in [0, 0.1) is 13.8 Å². The number of nitrogens with zero attached hydrogens (tertiary/aromatic N) is 2. The number of aryl methyl sites for hydroxylation is 2. The highest BCUT2D eigenvalue weighted by atomic mass is 32.2. The van der Waals surface area contributed by atoms with Crippen molar-refractivity contribution in [2.75, 3.05) is 16.8 Å². The topological polar surface area (TPSA) is 75.4 Å². The molecule has 1 aliphatic heterocycles. The Morgan fingerprint density at radius 1 is 1.38 bits per heavy atom. The van der Waals surface area contributed by atoms with Crippen LogP contribution in [0.3, 0.4) is 0 Å². The maximum atomic E-state index is 13.0. The number of carbonyl (C=O) groups is 2. The van der Waals surface area contributed by atoms with E-state index >= 15 is 0 Å². The van der Waals surface area contributed by atoms with E-state index in [1.54, 1.807) is 25.7 Å². The minimum atomic E-state index is -1.25. The first-order valence-corrected chi connectivity index (χ1v) is 8.54. The van der Waals surface area contributed by atoms with E-state index in [2.05, 4.69) is 10.5 Å². The molecule has 0 fully saturated rings. The standard InChI is InChI=1S/C17H19N3O3S/c1-5-20-12-8-6-7-9-13(12)24-17(4,16(20)22)15(21)18-14-10(2)19-23-11(14)3/h6-9H,5H2,1-4H3,(H,18,21). The molecule has 0 radical (unpaired) electrons. The second-order valence-corrected chi connectivity index (χ2v) is 7.27. The molecule has 1 atom stereocenters. The van der Waals surface area contributed by atoms with Crippen molar-refractivity contribution in [3.8, 4) is 0 Å². The summed E-state index contributed by atoms with van der Waals surface area (Å²) < 4.78 is 3.83. The zero-order valence-electron chi connectivity index (χ0n) is 14.0. The van der Waals surface area contributed by atoms with Crippen molar-refractivity contribution in [2.45, 2.75) is 37.3 Å². The van der Waals surface area contributed by atoms with Crippen molar-refractivity contribution >= 4 is 35.0 Å². The Kier molecular flexibility index (Phi) is 4.13. The van der Waals surface area contributed by atoms with Crippen LogP contribution < -0.4 is 10.2 Å². The predicted molar refractivity (Wildman–Crippen MR) is 93.3 cm³/mol. The van der Waals surface area contributed by atoms with Gasteiger partial charge >= 0.3 is 0 Å². The van der Waals surface area contributed by atoms with Crippen molar-refractivity contribution in [2.24, 2.45) is 0 Å². The highest BCUT2D eigenvalue weighted by Gasteiger charge is 2.49. The Hall–Kier alpha value is -2.28. The summed E-state index contributed by atoms with van der Waals surface area (Å²) >= 11 is 1.27. The monoisotopic (exact) mass is 345 g/mol. The van der Waals surface area contributed by atoms with Crippen LogP contribution in [0.5, 0.6) is 0 Å². The van der Waals surface area contributed by atoms with Crippen molar-refractivity contribution in [1.82, 2.24) is 5.16 Å². The van der Waals surface area contributed by atoms with E-state index in [9.17, 15) is 9.59 Å². The Bertz CT molecular complexity index is 798. The number of hydrogen-bond acceptors (Lipinski definition) is 5. The molecule has 1 unspecified atom stereocenters. The number of anilines is 2. The molecule has 3 rings (SSSR count). The van der Waals surface area contributed by atoms with Crippen LogP contribution in [0.2, 0.25) is 0 Å². The van der Waals surface area contributed by atoms with E-state index in [0.717, 1.165) is 10.6 Å². The fourth-order valence-corrected chi connectivity index (χ4v) is 3.96. The normalized spacial score (nSPS) is 20.0. The Balaban J connectivity index is 1.97. The van der Waals surface area contributed by atoms with Gasteiger partial charge in [-0.05, 0) is 39.8 Å². The molecule has 24 heavy (non-hydrogen) atoms. The van der Waals surface area contributed by atoms with Gasteiger partial charge in [0.05, 0.1) is 5.69 Å². The van der Waals surface area contributed by atoms with Gasteiger partial charge in [0, 0.05) is 11.4 Å². The van der Waals surface area contributed by atoms with Gasteiger partial charge in [0.15, 0.2) is 10.5 Å². The summed E-state index contributed by atoms with van der Waals surface area (Å²) in [4.78, 5) is 28.5. The molecule has 2 aromatic rings. The lowest BCUT2D eigenvalue weighted by Gasteiger charge is -2.38. The summed E-state index contributed by atoms with van der Waals surface area (Å²) in [6.45, 7) is 7.54. The first-order chi connectivity index (χ1) is 11.4. The zero-order chi connectivity index (χ0) is 17.5. The number of rotatable bonds is 3. The molecule has 1 N–H and O–H groups in total. The van der Waals surface area contributed by atoms with Gasteiger partial charge in [-0.2, -0.15) is 0 Å². The van der Waals surface area contributed by atoms with Gasteiger partial charge in [0.2, 0.25) is 5.91 Å². The molecule has 2 heterocycles. The van der Waals surface area contributed by atoms with E-state index in [1.165, 1.54) is 11.8 Å². The van der Waals surface area contributed by atoms with Crippen molar-refractivity contribution in [3.05, 3.63) is 35.7 Å². The van der Waals surface area contributed by atoms with Crippen LogP contribution in [0.15, 0.2) is 33.7 Å². The number of nitrogens with one attached hydrogen (secondary N) is 1. The molecular weight excluding hydrogens is 326 g/mol. The van der Waals surface area contributed by atoms with Crippen LogP contribution in [-0.4, -0.2) is 28.3 Å². The molecule has 0 saturated carbocycles. The van der Waals surface area contributed by atoms with E-state index < -0.39 is 4.75 Å². The molecule has 2 amide bonds. The van der Waals surface area contributed by atoms with Crippen LogP contribution >= 0.6 is 11.8 Å². The van der Waals surface area contributed by atoms with Crippen LogP contribution in [0.25, 0.3) is 0 Å². The zero-order valence-corrected chi connectivity index (χ0v) is 14.9. The SMILES string of the molecule is CCN1C(=O)C(C)(C(=O)Nc2c(C)noc2C)Sc2ccccc21. The second-order valence-electron chi connectivity index (χ2n) is 5.81. The number of aromatic nitrogens is 1. The average Bonchev–Trinajstić information content (AvgIpc) is 2.88. The smallest absolute Gasteiger partial charge is 0.252 e. The number of hydrogen-bond donors (Lipinski definition) is 1. The van der Waals surface area contributed by atoms with E-state index in [0.29, 0.717) is 23.7 Å². The minimum absolute atomic E-state index is 0.224. The molecule has 0 spiro atoms. The second kappa shape index (κ2) is 5.98. The molecule has 0 aliphatic carbocycles. The molecule has 1 aliphatic rings. The molecular formula is C17H19N3O3S. The van der Waals surface area contributed by atoms with Gasteiger partial charge in [0.1, 0.15) is 11.4 Å². The summed E-state index contributed by atoms with van der Waals surface area (Å²) in [5.74, 6) is -0.0803. The van der Waals surface area contributed by atoms with Gasteiger partial charge in [-0.1, -0.05) is 29.1 Å². The largest absolute Gasteiger partial charge is 0.359 e. The van der Waals surface area contributed by atoms with Crippen LogP contribution in [0.1, 0.15) is 25.3 Å². The van der Waals surface area contributed by atoms with E-state index in [4.69, 9.17) is 4.52 Å². The van der Waals surface area contributed by atoms with Crippen LogP contribution in [0.4, 0.5) is 11.4 Å². The van der Waals surface area contributed by atoms with Gasteiger partial charge in [0.25, 0.3) is 5.91 Å². The highest BCUT2D eigenvalue weighted by Crippen LogP contribution is 2.45. The van der Waals surface area contributed by atoms with Crippen molar-refractivity contribution in [1.29, 1.82) is 0 Å². The first-order valence-electron chi connectivity index (χ1n) is 7.72. The fourth-order valence-electron chi connectivity index (χ4n) is 2.75. The minimum Gasteiger partial charge on any atom is -0.359 e. The lowest BCUT2D eigenvalue weighted by Crippen LogP contribution is -2.54. The van der Waals surface area contributed by atoms with E-state index in [1.807, 2.05) is 31.2 Å². The number of benzene rings is 1. The van der Waals surface area contributed by atoms with Gasteiger partial charge in [-0.25, -0.2) is 0 Å². The molecule has 0 bridgehead atoms. The summed E-state index contributed by atoms with van der Waals surface area (Å²) in [7, 11) is 0. The lowest BCUT2D eigenvalue weighted by molar-refractivity contribution is -0.128. The third kappa shape index (κ3) is 2.49. The number of para-hydroxylation sites is 1. The summed E-state index contributed by atoms with van der Waals surface area (Å²) in [6.07, 6.45) is 0. The third-order valence-electron chi connectivity index (χ3n) is 4.14. The molecule has 6 nitrogen and oxygen atoms in total. The summed E-state index contributed by atoms with van der Waals surface area (Å²) in [5.41, 5.74) is 1.96. The fraction of sp³-hybridized carbons (Fsp3) is 0.353. The highest BCUT2D eigenvalue weighted by molar-refractivity contribution is 8.02. The third-order valence-corrected chi connectivity index (χ3v) is 5.48. The molecule has 1 aromatic carbocycles. The maximum Gasteiger partial charge on any atom is 0.252 e. The van der Waals surface area contributed by atoms with Gasteiger partial charge in [-0.15, -0.1) is 0 Å². The summed E-state index contributed by atoms with van der Waals surface area (Å²) in [6, 6.07) is 7.62. The number of fused-ring (bicyclic) bond motifs is 1. The number of amides is 2. The first kappa shape index (κ1) is 16.6. The van der Waals surface area contributed by atoms with E-state index in [-0.39, 0.29) is 11.8 Å². The molecule has 126 valence electrons. The Morgan fingerprint density at radius 2 is 2.08 bits per heavy atom. The van der Waals surface area contributed by atoms with Gasteiger partial charge < -0.3 is 14.7 Å². The average molecular weight is 345 g/mol. The van der Waals surface area contributed by atoms with Crippen LogP contribution in [-0.2, 0) is 9.59 Å². The van der Waals surface area contributed by atoms with Crippen molar-refractivity contribution < 1.29 is 14.1 Å². The molecule has 7 heteroatoms. The van der Waals surface area contributed by atoms with Crippen molar-refractivity contribution in [3.63, 3.8) is 0 Å². The Labute approximate surface area is 144 Å². The number of carbonyl (C=O) groups excluding carboxylic acids is 2. The maximum absolute atomic E-state index is 13.0.